The Labute approximate surface area is 114 Å². The molecule has 8 heteroatoms. The average Bonchev–Trinajstić information content (AvgIpc) is 2.35. The van der Waals surface area contributed by atoms with Gasteiger partial charge in [0.25, 0.3) is 11.4 Å². The summed E-state index contributed by atoms with van der Waals surface area (Å²) in [6.07, 6.45) is 0. The van der Waals surface area contributed by atoms with Crippen molar-refractivity contribution < 1.29 is 9.85 Å². The van der Waals surface area contributed by atoms with E-state index in [0.717, 1.165) is 6.07 Å². The van der Waals surface area contributed by atoms with Crippen LogP contribution in [0.3, 0.4) is 0 Å². The van der Waals surface area contributed by atoms with Crippen molar-refractivity contribution in [3.05, 3.63) is 38.4 Å². The Kier molecular flexibility index (Phi) is 5.05. The van der Waals surface area contributed by atoms with Crippen LogP contribution in [0.15, 0.2) is 18.2 Å². The molecule has 0 aliphatic heterocycles. The summed E-state index contributed by atoms with van der Waals surface area (Å²) in [5, 5.41) is 24.5. The number of nitrogens with zero attached hydrogens (tertiary/aromatic N) is 2. The van der Waals surface area contributed by atoms with Crippen LogP contribution in [0, 0.1) is 26.1 Å². The number of nitro benzene ring substituents is 2. The van der Waals surface area contributed by atoms with E-state index in [2.05, 4.69) is 5.32 Å². The Morgan fingerprint density at radius 2 is 1.89 bits per heavy atom. The van der Waals surface area contributed by atoms with Gasteiger partial charge in [-0.1, -0.05) is 13.8 Å². The van der Waals surface area contributed by atoms with E-state index in [9.17, 15) is 20.2 Å². The first kappa shape index (κ1) is 15.2. The quantitative estimate of drug-likeness (QED) is 0.492. The van der Waals surface area contributed by atoms with Gasteiger partial charge in [0.1, 0.15) is 5.69 Å². The van der Waals surface area contributed by atoms with Crippen LogP contribution in [-0.2, 0) is 0 Å². The van der Waals surface area contributed by atoms with E-state index in [-0.39, 0.29) is 34.9 Å². The molecule has 0 spiro atoms. The van der Waals surface area contributed by atoms with Crippen LogP contribution in [0.2, 0.25) is 0 Å². The van der Waals surface area contributed by atoms with Crippen LogP contribution >= 0.6 is 11.6 Å². The Morgan fingerprint density at radius 3 is 2.32 bits per heavy atom. The van der Waals surface area contributed by atoms with Gasteiger partial charge in [-0.05, 0) is 12.0 Å². The van der Waals surface area contributed by atoms with Crippen LogP contribution < -0.4 is 5.32 Å². The molecule has 7 nitrogen and oxygen atoms in total. The van der Waals surface area contributed by atoms with Crippen LogP contribution in [0.25, 0.3) is 0 Å². The summed E-state index contributed by atoms with van der Waals surface area (Å²) in [5.41, 5.74) is -0.413. The topological polar surface area (TPSA) is 98.3 Å². The predicted octanol–water partition coefficient (Wildman–Crippen LogP) is 3.18. The van der Waals surface area contributed by atoms with Crippen molar-refractivity contribution in [3.63, 3.8) is 0 Å². The van der Waals surface area contributed by atoms with Gasteiger partial charge in [-0.3, -0.25) is 20.2 Å². The molecule has 1 unspecified atom stereocenters. The van der Waals surface area contributed by atoms with E-state index in [0.29, 0.717) is 0 Å². The van der Waals surface area contributed by atoms with Crippen LogP contribution in [0.1, 0.15) is 13.8 Å². The lowest BCUT2D eigenvalue weighted by Crippen LogP contribution is -2.27. The maximum absolute atomic E-state index is 10.9. The van der Waals surface area contributed by atoms with Gasteiger partial charge in [-0.2, -0.15) is 0 Å². The van der Waals surface area contributed by atoms with Crippen LogP contribution in [-0.4, -0.2) is 21.8 Å². The highest BCUT2D eigenvalue weighted by molar-refractivity contribution is 6.18. The molecule has 0 aliphatic rings. The van der Waals surface area contributed by atoms with E-state index in [1.165, 1.54) is 12.1 Å². The minimum atomic E-state index is -0.668. The van der Waals surface area contributed by atoms with Crippen LogP contribution in [0.4, 0.5) is 17.1 Å². The highest BCUT2D eigenvalue weighted by Gasteiger charge is 2.22. The predicted molar refractivity (Wildman–Crippen MR) is 72.7 cm³/mol. The summed E-state index contributed by atoms with van der Waals surface area (Å²) in [7, 11) is 0. The molecule has 1 N–H and O–H groups in total. The number of hydrogen-bond acceptors (Lipinski definition) is 5. The van der Waals surface area contributed by atoms with E-state index >= 15 is 0 Å². The van der Waals surface area contributed by atoms with Crippen molar-refractivity contribution in [2.45, 2.75) is 19.9 Å². The zero-order valence-corrected chi connectivity index (χ0v) is 11.3. The van der Waals surface area contributed by atoms with E-state index in [1.54, 1.807) is 0 Å². The number of anilines is 1. The van der Waals surface area contributed by atoms with Gasteiger partial charge < -0.3 is 5.32 Å². The second-order valence-corrected chi connectivity index (χ2v) is 4.67. The fourth-order valence-corrected chi connectivity index (χ4v) is 1.92. The molecule has 0 aromatic heterocycles. The van der Waals surface area contributed by atoms with Gasteiger partial charge in [0.2, 0.25) is 0 Å². The number of benzene rings is 1. The molecule has 0 bridgehead atoms. The maximum Gasteiger partial charge on any atom is 0.299 e. The van der Waals surface area contributed by atoms with Crippen molar-refractivity contribution in [2.24, 2.45) is 5.92 Å². The smallest absolute Gasteiger partial charge is 0.299 e. The highest BCUT2D eigenvalue weighted by atomic mass is 35.5. The van der Waals surface area contributed by atoms with Crippen molar-refractivity contribution in [3.8, 4) is 0 Å². The molecule has 0 heterocycles. The number of nitrogens with one attached hydrogen (secondary N) is 1. The number of rotatable bonds is 6. The van der Waals surface area contributed by atoms with Gasteiger partial charge >= 0.3 is 0 Å². The Bertz CT molecular complexity index is 493. The molecule has 0 saturated heterocycles. The van der Waals surface area contributed by atoms with Gasteiger partial charge in [0, 0.05) is 18.0 Å². The Balaban J connectivity index is 3.13. The third kappa shape index (κ3) is 3.78. The molecule has 1 aromatic rings. The molecule has 1 rings (SSSR count). The molecular formula is C11H14ClN3O4. The third-order valence-electron chi connectivity index (χ3n) is 2.70. The number of halogens is 1. The molecule has 1 aromatic carbocycles. The number of hydrogen-bond donors (Lipinski definition) is 1. The Hall–Kier alpha value is -1.89. The first-order valence-electron chi connectivity index (χ1n) is 5.62. The van der Waals surface area contributed by atoms with Crippen molar-refractivity contribution in [1.29, 1.82) is 0 Å². The van der Waals surface area contributed by atoms with Gasteiger partial charge in [-0.15, -0.1) is 11.6 Å². The first-order valence-corrected chi connectivity index (χ1v) is 6.15. The lowest BCUT2D eigenvalue weighted by atomic mass is 10.1. The largest absolute Gasteiger partial charge is 0.375 e. The zero-order valence-electron chi connectivity index (χ0n) is 10.5. The molecule has 0 radical (unpaired) electrons. The normalized spacial score (nSPS) is 12.2. The number of nitro groups is 2. The second kappa shape index (κ2) is 6.33. The molecular weight excluding hydrogens is 274 g/mol. The van der Waals surface area contributed by atoms with E-state index in [1.807, 2.05) is 13.8 Å². The van der Waals surface area contributed by atoms with Gasteiger partial charge in [0.05, 0.1) is 15.9 Å². The van der Waals surface area contributed by atoms with Crippen molar-refractivity contribution >= 4 is 28.7 Å². The number of alkyl halides is 1. The van der Waals surface area contributed by atoms with Gasteiger partial charge in [-0.25, -0.2) is 0 Å². The lowest BCUT2D eigenvalue weighted by molar-refractivity contribution is -0.393. The van der Waals surface area contributed by atoms with Crippen molar-refractivity contribution in [2.75, 3.05) is 11.2 Å². The first-order chi connectivity index (χ1) is 8.86. The van der Waals surface area contributed by atoms with Crippen molar-refractivity contribution in [1.82, 2.24) is 0 Å². The van der Waals surface area contributed by atoms with Gasteiger partial charge in [0.15, 0.2) is 0 Å². The SMILES string of the molecule is CC(C)C(CCl)Nc1ccc([N+](=O)[O-])cc1[N+](=O)[O-]. The fourth-order valence-electron chi connectivity index (χ4n) is 1.49. The Morgan fingerprint density at radius 1 is 1.26 bits per heavy atom. The molecule has 0 aliphatic carbocycles. The summed E-state index contributed by atoms with van der Waals surface area (Å²) in [6.45, 7) is 3.86. The summed E-state index contributed by atoms with van der Waals surface area (Å²) in [4.78, 5) is 20.2. The molecule has 0 amide bonds. The fraction of sp³-hybridized carbons (Fsp3) is 0.455. The maximum atomic E-state index is 10.9. The summed E-state index contributed by atoms with van der Waals surface area (Å²) < 4.78 is 0. The summed E-state index contributed by atoms with van der Waals surface area (Å²) >= 11 is 5.79. The molecule has 0 saturated carbocycles. The molecule has 0 fully saturated rings. The average molecular weight is 288 g/mol. The second-order valence-electron chi connectivity index (χ2n) is 4.36. The number of non-ortho nitro benzene ring substituents is 1. The molecule has 1 atom stereocenters. The summed E-state index contributed by atoms with van der Waals surface area (Å²) in [5.74, 6) is 0.457. The molecule has 104 valence electrons. The monoisotopic (exact) mass is 287 g/mol. The van der Waals surface area contributed by atoms with E-state index in [4.69, 9.17) is 11.6 Å². The minimum Gasteiger partial charge on any atom is -0.375 e. The standard InChI is InChI=1S/C11H14ClN3O4/c1-7(2)10(6-12)13-9-4-3-8(14(16)17)5-11(9)15(18)19/h3-5,7,10,13H,6H2,1-2H3. The molecule has 19 heavy (non-hydrogen) atoms. The van der Waals surface area contributed by atoms with E-state index < -0.39 is 9.85 Å². The lowest BCUT2D eigenvalue weighted by Gasteiger charge is -2.20. The summed E-state index contributed by atoms with van der Waals surface area (Å²) in [6, 6.07) is 3.34. The third-order valence-corrected chi connectivity index (χ3v) is 3.03. The van der Waals surface area contributed by atoms with Crippen LogP contribution in [0.5, 0.6) is 0 Å². The zero-order chi connectivity index (χ0) is 14.6. The highest BCUT2D eigenvalue weighted by Crippen LogP contribution is 2.30. The minimum absolute atomic E-state index is 0.151.